The zero-order chi connectivity index (χ0) is 18.4. The largest absolute Gasteiger partial charge is 0.347 e. The van der Waals surface area contributed by atoms with Crippen molar-refractivity contribution in [1.82, 2.24) is 10.2 Å². The summed E-state index contributed by atoms with van der Waals surface area (Å²) < 4.78 is 0. The summed E-state index contributed by atoms with van der Waals surface area (Å²) in [5.74, 6) is 0.0445. The van der Waals surface area contributed by atoms with Crippen molar-refractivity contribution in [3.63, 3.8) is 0 Å². The van der Waals surface area contributed by atoms with E-state index in [1.165, 1.54) is 0 Å². The van der Waals surface area contributed by atoms with E-state index in [1.807, 2.05) is 65.6 Å². The van der Waals surface area contributed by atoms with Crippen molar-refractivity contribution in [2.24, 2.45) is 5.73 Å². The highest BCUT2D eigenvalue weighted by atomic mass is 35.5. The number of benzene rings is 2. The first-order valence-electron chi connectivity index (χ1n) is 9.06. The van der Waals surface area contributed by atoms with Gasteiger partial charge in [-0.3, -0.25) is 9.59 Å². The summed E-state index contributed by atoms with van der Waals surface area (Å²) in [5.41, 5.74) is 8.10. The Hall–Kier alpha value is -2.37. The van der Waals surface area contributed by atoms with Crippen molar-refractivity contribution in [2.75, 3.05) is 13.1 Å². The molecule has 0 spiro atoms. The summed E-state index contributed by atoms with van der Waals surface area (Å²) in [5, 5.41) is 3.07. The quantitative estimate of drug-likeness (QED) is 0.766. The standard InChI is InChI=1S/C21H25N3O2.ClH/c22-18(16-8-3-1-4-9-16)14-20(25)23-19(17-10-5-2-6-11-17)15-24-13-7-12-21(24)26;/h1-6,8-11,18-19H,7,12-15,22H2,(H,23,25);1H. The number of likely N-dealkylation sites (tertiary alicyclic amines) is 1. The molecule has 3 N–H and O–H groups in total. The molecule has 1 aliphatic heterocycles. The third-order valence-corrected chi connectivity index (χ3v) is 4.74. The van der Waals surface area contributed by atoms with Crippen LogP contribution < -0.4 is 11.1 Å². The second kappa shape index (κ2) is 10.1. The van der Waals surface area contributed by atoms with Crippen LogP contribution in [0.2, 0.25) is 0 Å². The predicted molar refractivity (Wildman–Crippen MR) is 108 cm³/mol. The number of rotatable bonds is 7. The normalized spacial score (nSPS) is 15.7. The molecule has 6 heteroatoms. The van der Waals surface area contributed by atoms with Crippen LogP contribution in [-0.2, 0) is 9.59 Å². The Morgan fingerprint density at radius 3 is 2.19 bits per heavy atom. The molecule has 27 heavy (non-hydrogen) atoms. The average molecular weight is 388 g/mol. The van der Waals surface area contributed by atoms with Crippen LogP contribution in [-0.4, -0.2) is 29.8 Å². The molecular formula is C21H26ClN3O2. The maximum Gasteiger partial charge on any atom is 0.222 e. The lowest BCUT2D eigenvalue weighted by Gasteiger charge is -2.26. The maximum atomic E-state index is 12.6. The number of amides is 2. The molecule has 0 bridgehead atoms. The number of halogens is 1. The van der Waals surface area contributed by atoms with Crippen LogP contribution in [0, 0.1) is 0 Å². The van der Waals surface area contributed by atoms with Gasteiger partial charge < -0.3 is 16.0 Å². The molecule has 3 rings (SSSR count). The Bertz CT molecular complexity index is 740. The Kier molecular flexibility index (Phi) is 7.82. The Morgan fingerprint density at radius 2 is 1.63 bits per heavy atom. The minimum Gasteiger partial charge on any atom is -0.347 e. The number of nitrogens with one attached hydrogen (secondary N) is 1. The summed E-state index contributed by atoms with van der Waals surface area (Å²) in [7, 11) is 0. The molecule has 2 atom stereocenters. The van der Waals surface area contributed by atoms with Gasteiger partial charge in [-0.2, -0.15) is 0 Å². The minimum absolute atomic E-state index is 0. The lowest BCUT2D eigenvalue weighted by Crippen LogP contribution is -2.39. The molecule has 0 aliphatic carbocycles. The fraction of sp³-hybridized carbons (Fsp3) is 0.333. The minimum atomic E-state index is -0.346. The summed E-state index contributed by atoms with van der Waals surface area (Å²) in [6, 6.07) is 18.8. The van der Waals surface area contributed by atoms with E-state index in [1.54, 1.807) is 0 Å². The number of carbonyl (C=O) groups is 2. The van der Waals surface area contributed by atoms with Gasteiger partial charge in [-0.15, -0.1) is 12.4 Å². The molecule has 1 aliphatic rings. The van der Waals surface area contributed by atoms with Gasteiger partial charge >= 0.3 is 0 Å². The summed E-state index contributed by atoms with van der Waals surface area (Å²) >= 11 is 0. The topological polar surface area (TPSA) is 75.4 Å². The molecule has 0 saturated carbocycles. The molecule has 144 valence electrons. The highest BCUT2D eigenvalue weighted by Crippen LogP contribution is 2.20. The van der Waals surface area contributed by atoms with E-state index in [2.05, 4.69) is 5.32 Å². The summed E-state index contributed by atoms with van der Waals surface area (Å²) in [6.07, 6.45) is 1.68. The number of hydrogen-bond acceptors (Lipinski definition) is 3. The third-order valence-electron chi connectivity index (χ3n) is 4.74. The summed E-state index contributed by atoms with van der Waals surface area (Å²) in [6.45, 7) is 1.25. The SMILES string of the molecule is Cl.NC(CC(=O)NC(CN1CCCC1=O)c1ccccc1)c1ccccc1. The van der Waals surface area contributed by atoms with Crippen molar-refractivity contribution < 1.29 is 9.59 Å². The maximum absolute atomic E-state index is 12.6. The summed E-state index contributed by atoms with van der Waals surface area (Å²) in [4.78, 5) is 26.4. The van der Waals surface area contributed by atoms with Crippen LogP contribution in [0.4, 0.5) is 0 Å². The van der Waals surface area contributed by atoms with E-state index in [9.17, 15) is 9.59 Å². The molecular weight excluding hydrogens is 362 g/mol. The Balaban J connectivity index is 0.00000261. The molecule has 1 heterocycles. The van der Waals surface area contributed by atoms with E-state index >= 15 is 0 Å². The molecule has 2 amide bonds. The van der Waals surface area contributed by atoms with E-state index < -0.39 is 0 Å². The van der Waals surface area contributed by atoms with Crippen molar-refractivity contribution in [2.45, 2.75) is 31.3 Å². The number of carbonyl (C=O) groups excluding carboxylic acids is 2. The van der Waals surface area contributed by atoms with E-state index in [4.69, 9.17) is 5.73 Å². The van der Waals surface area contributed by atoms with Gasteiger partial charge in [0.15, 0.2) is 0 Å². The molecule has 1 fully saturated rings. The second-order valence-electron chi connectivity index (χ2n) is 6.70. The van der Waals surface area contributed by atoms with E-state index in [0.29, 0.717) is 13.0 Å². The van der Waals surface area contributed by atoms with Gasteiger partial charge in [0.05, 0.1) is 6.04 Å². The highest BCUT2D eigenvalue weighted by molar-refractivity contribution is 5.85. The fourth-order valence-corrected chi connectivity index (χ4v) is 3.31. The first-order chi connectivity index (χ1) is 12.6. The average Bonchev–Trinajstić information content (AvgIpc) is 3.07. The van der Waals surface area contributed by atoms with Crippen LogP contribution >= 0.6 is 12.4 Å². The first-order valence-corrected chi connectivity index (χ1v) is 9.06. The van der Waals surface area contributed by atoms with Gasteiger partial charge in [-0.05, 0) is 17.5 Å². The zero-order valence-corrected chi connectivity index (χ0v) is 16.0. The molecule has 0 aromatic heterocycles. The van der Waals surface area contributed by atoms with Crippen molar-refractivity contribution >= 4 is 24.2 Å². The van der Waals surface area contributed by atoms with Gasteiger partial charge in [0.1, 0.15) is 0 Å². The van der Waals surface area contributed by atoms with Crippen molar-refractivity contribution in [3.8, 4) is 0 Å². The lowest BCUT2D eigenvalue weighted by atomic mass is 10.0. The lowest BCUT2D eigenvalue weighted by molar-refractivity contribution is -0.129. The second-order valence-corrected chi connectivity index (χ2v) is 6.70. The van der Waals surface area contributed by atoms with E-state index in [0.717, 1.165) is 24.1 Å². The smallest absolute Gasteiger partial charge is 0.222 e. The van der Waals surface area contributed by atoms with E-state index in [-0.39, 0.29) is 42.7 Å². The van der Waals surface area contributed by atoms with Gasteiger partial charge in [-0.1, -0.05) is 60.7 Å². The van der Waals surface area contributed by atoms with Crippen LogP contribution in [0.15, 0.2) is 60.7 Å². The molecule has 2 aromatic carbocycles. The van der Waals surface area contributed by atoms with Gasteiger partial charge in [-0.25, -0.2) is 0 Å². The fourth-order valence-electron chi connectivity index (χ4n) is 3.31. The number of nitrogens with two attached hydrogens (primary N) is 1. The molecule has 0 radical (unpaired) electrons. The number of hydrogen-bond donors (Lipinski definition) is 2. The Morgan fingerprint density at radius 1 is 1.04 bits per heavy atom. The van der Waals surface area contributed by atoms with Crippen LogP contribution in [0.25, 0.3) is 0 Å². The van der Waals surface area contributed by atoms with Crippen LogP contribution in [0.5, 0.6) is 0 Å². The first kappa shape index (κ1) is 20.9. The van der Waals surface area contributed by atoms with Crippen molar-refractivity contribution in [3.05, 3.63) is 71.8 Å². The van der Waals surface area contributed by atoms with Gasteiger partial charge in [0, 0.05) is 32.0 Å². The Labute approximate surface area is 166 Å². The predicted octanol–water partition coefficient (Wildman–Crippen LogP) is 2.98. The van der Waals surface area contributed by atoms with Crippen molar-refractivity contribution in [1.29, 1.82) is 0 Å². The van der Waals surface area contributed by atoms with Gasteiger partial charge in [0.25, 0.3) is 0 Å². The van der Waals surface area contributed by atoms with Crippen LogP contribution in [0.3, 0.4) is 0 Å². The highest BCUT2D eigenvalue weighted by Gasteiger charge is 2.25. The monoisotopic (exact) mass is 387 g/mol. The molecule has 2 unspecified atom stereocenters. The molecule has 5 nitrogen and oxygen atoms in total. The number of nitrogens with zero attached hydrogens (tertiary/aromatic N) is 1. The van der Waals surface area contributed by atoms with Crippen LogP contribution in [0.1, 0.15) is 42.5 Å². The molecule has 1 saturated heterocycles. The zero-order valence-electron chi connectivity index (χ0n) is 15.2. The van der Waals surface area contributed by atoms with Gasteiger partial charge in [0.2, 0.25) is 11.8 Å². The third kappa shape index (κ3) is 5.81. The molecule has 2 aromatic rings.